The van der Waals surface area contributed by atoms with Crippen molar-refractivity contribution in [3.63, 3.8) is 0 Å². The van der Waals surface area contributed by atoms with Crippen molar-refractivity contribution in [3.05, 3.63) is 29.6 Å². The Morgan fingerprint density at radius 2 is 2.25 bits per heavy atom. The van der Waals surface area contributed by atoms with Crippen LogP contribution < -0.4 is 10.1 Å². The maximum Gasteiger partial charge on any atom is 0.250 e. The van der Waals surface area contributed by atoms with Gasteiger partial charge in [0.2, 0.25) is 5.91 Å². The largest absolute Gasteiger partial charge is 0.494 e. The van der Waals surface area contributed by atoms with Gasteiger partial charge in [0.25, 0.3) is 0 Å². The van der Waals surface area contributed by atoms with E-state index in [2.05, 4.69) is 10.3 Å². The number of ether oxygens (including phenoxy) is 1. The van der Waals surface area contributed by atoms with Crippen LogP contribution in [0.1, 0.15) is 12.5 Å². The zero-order valence-electron chi connectivity index (χ0n) is 8.95. The molecular formula is C11H11FN2O2. The number of hydrogen-bond acceptors (Lipinski definition) is 3. The van der Waals surface area contributed by atoms with Crippen LogP contribution in [-0.2, 0) is 4.79 Å². The minimum Gasteiger partial charge on any atom is -0.494 e. The normalized spacial score (nSPS) is 19.3. The number of amides is 1. The molecule has 0 saturated heterocycles. The topological polar surface area (TPSA) is 50.7 Å². The maximum absolute atomic E-state index is 13.2. The number of aliphatic imine (C=N–C) groups is 1. The summed E-state index contributed by atoms with van der Waals surface area (Å²) in [5.41, 5.74) is 0.635. The van der Waals surface area contributed by atoms with Gasteiger partial charge in [-0.2, -0.15) is 0 Å². The summed E-state index contributed by atoms with van der Waals surface area (Å²) in [6.07, 6.45) is 0. The van der Waals surface area contributed by atoms with Crippen molar-refractivity contribution >= 4 is 11.7 Å². The molecule has 0 spiro atoms. The Hall–Kier alpha value is -1.91. The van der Waals surface area contributed by atoms with Crippen LogP contribution in [0.3, 0.4) is 0 Å². The molecule has 5 heteroatoms. The second-order valence-corrected chi connectivity index (χ2v) is 3.49. The molecule has 4 nitrogen and oxygen atoms in total. The second-order valence-electron chi connectivity index (χ2n) is 3.49. The SMILES string of the molecule is COc1cc(C2=NC(C)C(=O)N2)ccc1F. The summed E-state index contributed by atoms with van der Waals surface area (Å²) in [6, 6.07) is 3.94. The van der Waals surface area contributed by atoms with Crippen LogP contribution >= 0.6 is 0 Å². The van der Waals surface area contributed by atoms with E-state index >= 15 is 0 Å². The van der Waals surface area contributed by atoms with Crippen molar-refractivity contribution in [1.29, 1.82) is 0 Å². The minimum absolute atomic E-state index is 0.133. The van der Waals surface area contributed by atoms with Crippen LogP contribution in [0.5, 0.6) is 5.75 Å². The first-order valence-corrected chi connectivity index (χ1v) is 4.84. The Morgan fingerprint density at radius 1 is 1.50 bits per heavy atom. The van der Waals surface area contributed by atoms with Crippen LogP contribution in [0, 0.1) is 5.82 Å². The molecule has 84 valence electrons. The van der Waals surface area contributed by atoms with E-state index in [1.54, 1.807) is 13.0 Å². The molecule has 1 amide bonds. The van der Waals surface area contributed by atoms with Crippen molar-refractivity contribution in [2.75, 3.05) is 7.11 Å². The lowest BCUT2D eigenvalue weighted by Gasteiger charge is -2.05. The molecule has 1 heterocycles. The van der Waals surface area contributed by atoms with E-state index in [1.807, 2.05) is 0 Å². The predicted octanol–water partition coefficient (Wildman–Crippen LogP) is 1.10. The van der Waals surface area contributed by atoms with Crippen molar-refractivity contribution in [2.24, 2.45) is 4.99 Å². The molecule has 16 heavy (non-hydrogen) atoms. The summed E-state index contributed by atoms with van der Waals surface area (Å²) < 4.78 is 18.0. The van der Waals surface area contributed by atoms with Crippen molar-refractivity contribution in [3.8, 4) is 5.75 Å². The molecule has 1 N–H and O–H groups in total. The highest BCUT2D eigenvalue weighted by molar-refractivity contribution is 6.13. The van der Waals surface area contributed by atoms with Crippen LogP contribution in [0.25, 0.3) is 0 Å². The summed E-state index contributed by atoms with van der Waals surface area (Å²) in [7, 11) is 1.39. The first-order chi connectivity index (χ1) is 7.61. The summed E-state index contributed by atoms with van der Waals surface area (Å²) in [4.78, 5) is 15.4. The maximum atomic E-state index is 13.2. The average Bonchev–Trinajstić information content (AvgIpc) is 2.60. The zero-order valence-corrected chi connectivity index (χ0v) is 8.95. The van der Waals surface area contributed by atoms with E-state index in [9.17, 15) is 9.18 Å². The van der Waals surface area contributed by atoms with E-state index < -0.39 is 11.9 Å². The van der Waals surface area contributed by atoms with E-state index in [1.165, 1.54) is 19.2 Å². The molecule has 1 aromatic carbocycles. The predicted molar refractivity (Wildman–Crippen MR) is 57.1 cm³/mol. The van der Waals surface area contributed by atoms with Gasteiger partial charge in [0.1, 0.15) is 11.9 Å². The number of halogens is 1. The van der Waals surface area contributed by atoms with E-state index in [4.69, 9.17) is 4.74 Å². The van der Waals surface area contributed by atoms with E-state index in [-0.39, 0.29) is 11.7 Å². The Kier molecular flexibility index (Phi) is 2.60. The Labute approximate surface area is 92.1 Å². The molecule has 0 bridgehead atoms. The third-order valence-electron chi connectivity index (χ3n) is 2.37. The molecule has 0 aromatic heterocycles. The van der Waals surface area contributed by atoms with Crippen LogP contribution in [0.2, 0.25) is 0 Å². The molecule has 1 atom stereocenters. The van der Waals surface area contributed by atoms with Crippen molar-refractivity contribution in [2.45, 2.75) is 13.0 Å². The molecular weight excluding hydrogens is 211 g/mol. The standard InChI is InChI=1S/C11H11FN2O2/c1-6-11(15)14-10(13-6)7-3-4-8(12)9(5-7)16-2/h3-6H,1-2H3,(H,13,14,15). The lowest BCUT2D eigenvalue weighted by molar-refractivity contribution is -0.119. The fourth-order valence-corrected chi connectivity index (χ4v) is 1.46. The van der Waals surface area contributed by atoms with Gasteiger partial charge in [-0.25, -0.2) is 4.39 Å². The van der Waals surface area contributed by atoms with Crippen LogP contribution in [-0.4, -0.2) is 24.9 Å². The smallest absolute Gasteiger partial charge is 0.250 e. The van der Waals surface area contributed by atoms with Gasteiger partial charge in [0, 0.05) is 5.56 Å². The number of nitrogens with one attached hydrogen (secondary N) is 1. The van der Waals surface area contributed by atoms with E-state index in [0.29, 0.717) is 11.4 Å². The highest BCUT2D eigenvalue weighted by Crippen LogP contribution is 2.19. The first-order valence-electron chi connectivity index (χ1n) is 4.84. The molecule has 2 rings (SSSR count). The summed E-state index contributed by atoms with van der Waals surface area (Å²) in [6.45, 7) is 1.70. The first kappa shape index (κ1) is 10.6. The van der Waals surface area contributed by atoms with Gasteiger partial charge in [-0.3, -0.25) is 9.79 Å². The number of methoxy groups -OCH3 is 1. The fourth-order valence-electron chi connectivity index (χ4n) is 1.46. The average molecular weight is 222 g/mol. The summed E-state index contributed by atoms with van der Waals surface area (Å²) >= 11 is 0. The third-order valence-corrected chi connectivity index (χ3v) is 2.37. The third kappa shape index (κ3) is 1.76. The summed E-state index contributed by atoms with van der Waals surface area (Å²) in [5, 5.41) is 2.62. The second kappa shape index (κ2) is 3.92. The van der Waals surface area contributed by atoms with Gasteiger partial charge in [-0.05, 0) is 25.1 Å². The number of benzene rings is 1. The van der Waals surface area contributed by atoms with Gasteiger partial charge < -0.3 is 10.1 Å². The quantitative estimate of drug-likeness (QED) is 0.814. The molecule has 1 unspecified atom stereocenters. The minimum atomic E-state index is -0.441. The van der Waals surface area contributed by atoms with Gasteiger partial charge in [0.15, 0.2) is 11.6 Å². The number of hydrogen-bond donors (Lipinski definition) is 1. The lowest BCUT2D eigenvalue weighted by atomic mass is 10.2. The molecule has 0 saturated carbocycles. The molecule has 0 fully saturated rings. The Balaban J connectivity index is 2.35. The number of carbonyl (C=O) groups excluding carboxylic acids is 1. The molecule has 0 radical (unpaired) electrons. The van der Waals surface area contributed by atoms with E-state index in [0.717, 1.165) is 0 Å². The molecule has 1 aliphatic rings. The lowest BCUT2D eigenvalue weighted by Crippen LogP contribution is -2.27. The van der Waals surface area contributed by atoms with Gasteiger partial charge >= 0.3 is 0 Å². The number of nitrogens with zero attached hydrogens (tertiary/aromatic N) is 1. The highest BCUT2D eigenvalue weighted by atomic mass is 19.1. The van der Waals surface area contributed by atoms with Gasteiger partial charge in [-0.15, -0.1) is 0 Å². The van der Waals surface area contributed by atoms with Gasteiger partial charge in [0.05, 0.1) is 7.11 Å². The fraction of sp³-hybridized carbons (Fsp3) is 0.273. The monoisotopic (exact) mass is 222 g/mol. The van der Waals surface area contributed by atoms with Gasteiger partial charge in [-0.1, -0.05) is 0 Å². The number of carbonyl (C=O) groups is 1. The Morgan fingerprint density at radius 3 is 2.81 bits per heavy atom. The zero-order chi connectivity index (χ0) is 11.7. The van der Waals surface area contributed by atoms with Crippen molar-refractivity contribution < 1.29 is 13.9 Å². The Bertz CT molecular complexity index is 471. The van der Waals surface area contributed by atoms with Crippen LogP contribution in [0.4, 0.5) is 4.39 Å². The molecule has 1 aliphatic heterocycles. The number of amidine groups is 1. The van der Waals surface area contributed by atoms with Crippen molar-refractivity contribution in [1.82, 2.24) is 5.32 Å². The summed E-state index contributed by atoms with van der Waals surface area (Å²) in [5.74, 6) is -0.00711. The highest BCUT2D eigenvalue weighted by Gasteiger charge is 2.23. The number of rotatable bonds is 2. The van der Waals surface area contributed by atoms with Crippen LogP contribution in [0.15, 0.2) is 23.2 Å². The molecule has 1 aromatic rings. The molecule has 0 aliphatic carbocycles.